The normalized spacial score (nSPS) is 29.5. The summed E-state index contributed by atoms with van der Waals surface area (Å²) in [6, 6.07) is 2.85. The van der Waals surface area contributed by atoms with Crippen LogP contribution >= 0.6 is 11.3 Å². The molecule has 2 aliphatic rings. The number of piperidine rings is 1. The van der Waals surface area contributed by atoms with Gasteiger partial charge in [0.05, 0.1) is 5.39 Å². The third-order valence-corrected chi connectivity index (χ3v) is 5.31. The zero-order valence-corrected chi connectivity index (χ0v) is 11.1. The summed E-state index contributed by atoms with van der Waals surface area (Å²) in [6.07, 6.45) is 2.75. The van der Waals surface area contributed by atoms with Gasteiger partial charge in [-0.1, -0.05) is 6.92 Å². The van der Waals surface area contributed by atoms with Crippen LogP contribution in [-0.4, -0.2) is 29.1 Å². The van der Waals surface area contributed by atoms with E-state index in [1.54, 1.807) is 17.7 Å². The highest BCUT2D eigenvalue weighted by Gasteiger charge is 2.53. The number of rotatable bonds is 3. The van der Waals surface area contributed by atoms with Crippen LogP contribution in [0.3, 0.4) is 0 Å². The van der Waals surface area contributed by atoms with E-state index in [-0.39, 0.29) is 0 Å². The van der Waals surface area contributed by atoms with E-state index in [9.17, 15) is 0 Å². The van der Waals surface area contributed by atoms with Gasteiger partial charge in [0.1, 0.15) is 17.0 Å². The molecule has 0 amide bonds. The Morgan fingerprint density at radius 1 is 1.39 bits per heavy atom. The van der Waals surface area contributed by atoms with E-state index in [1.807, 2.05) is 0 Å². The van der Waals surface area contributed by atoms with Crippen LogP contribution in [0.4, 0.5) is 5.82 Å². The van der Waals surface area contributed by atoms with E-state index in [1.165, 1.54) is 10.3 Å². The molecular weight excluding hydrogens is 244 g/mol. The highest BCUT2D eigenvalue weighted by atomic mass is 32.1. The lowest BCUT2D eigenvalue weighted by atomic mass is 10.3. The SMILES string of the molecule is CCc1cc2c(NC3C4CNCC43)ncnc2s1. The quantitative estimate of drug-likeness (QED) is 0.885. The second-order valence-electron chi connectivity index (χ2n) is 5.16. The average molecular weight is 260 g/mol. The van der Waals surface area contributed by atoms with Crippen LogP contribution in [0.1, 0.15) is 11.8 Å². The van der Waals surface area contributed by atoms with Crippen molar-refractivity contribution in [2.24, 2.45) is 11.8 Å². The number of hydrogen-bond donors (Lipinski definition) is 2. The van der Waals surface area contributed by atoms with Crippen LogP contribution in [0.15, 0.2) is 12.4 Å². The van der Waals surface area contributed by atoms with Crippen molar-refractivity contribution in [3.63, 3.8) is 0 Å². The lowest BCUT2D eigenvalue weighted by Crippen LogP contribution is -2.21. The third kappa shape index (κ3) is 1.54. The molecule has 2 atom stereocenters. The molecule has 3 heterocycles. The molecule has 1 saturated carbocycles. The summed E-state index contributed by atoms with van der Waals surface area (Å²) in [7, 11) is 0. The largest absolute Gasteiger partial charge is 0.366 e. The number of aryl methyl sites for hydroxylation is 1. The first-order valence-electron chi connectivity index (χ1n) is 6.57. The van der Waals surface area contributed by atoms with Crippen LogP contribution in [0, 0.1) is 11.8 Å². The Balaban J connectivity index is 1.65. The fourth-order valence-electron chi connectivity index (χ4n) is 2.99. The Labute approximate surface area is 110 Å². The molecule has 2 fully saturated rings. The zero-order chi connectivity index (χ0) is 12.1. The van der Waals surface area contributed by atoms with Gasteiger partial charge in [-0.25, -0.2) is 9.97 Å². The molecule has 2 aromatic heterocycles. The summed E-state index contributed by atoms with van der Waals surface area (Å²) in [5, 5.41) is 8.22. The van der Waals surface area contributed by atoms with Crippen molar-refractivity contribution in [1.82, 2.24) is 15.3 Å². The minimum absolute atomic E-state index is 0.620. The highest BCUT2D eigenvalue weighted by molar-refractivity contribution is 7.18. The van der Waals surface area contributed by atoms with E-state index < -0.39 is 0 Å². The molecular formula is C13H16N4S. The number of aromatic nitrogens is 2. The van der Waals surface area contributed by atoms with E-state index in [0.717, 1.165) is 42.0 Å². The standard InChI is InChI=1S/C13H16N4S/c1-2-7-3-8-12(15-6-16-13(8)18-7)17-11-9-4-14-5-10(9)11/h3,6,9-11,14H,2,4-5H2,1H3,(H,15,16,17). The van der Waals surface area contributed by atoms with E-state index in [4.69, 9.17) is 0 Å². The van der Waals surface area contributed by atoms with Crippen molar-refractivity contribution in [1.29, 1.82) is 0 Å². The second kappa shape index (κ2) is 3.90. The molecule has 1 saturated heterocycles. The van der Waals surface area contributed by atoms with Gasteiger partial charge in [-0.2, -0.15) is 0 Å². The molecule has 2 aromatic rings. The van der Waals surface area contributed by atoms with Gasteiger partial charge in [0, 0.05) is 24.0 Å². The smallest absolute Gasteiger partial charge is 0.138 e. The molecule has 0 bridgehead atoms. The molecule has 0 spiro atoms. The Morgan fingerprint density at radius 3 is 3.00 bits per heavy atom. The van der Waals surface area contributed by atoms with Gasteiger partial charge in [0.2, 0.25) is 0 Å². The van der Waals surface area contributed by atoms with Crippen LogP contribution < -0.4 is 10.6 Å². The van der Waals surface area contributed by atoms with Gasteiger partial charge in [-0.15, -0.1) is 11.3 Å². The molecule has 5 heteroatoms. The maximum atomic E-state index is 4.43. The first kappa shape index (κ1) is 10.7. The molecule has 0 aromatic carbocycles. The van der Waals surface area contributed by atoms with Gasteiger partial charge in [0.15, 0.2) is 0 Å². The predicted molar refractivity (Wildman–Crippen MR) is 74.1 cm³/mol. The molecule has 0 radical (unpaired) electrons. The third-order valence-electron chi connectivity index (χ3n) is 4.12. The Bertz CT molecular complexity index is 584. The van der Waals surface area contributed by atoms with E-state index in [0.29, 0.717) is 6.04 Å². The van der Waals surface area contributed by atoms with Crippen LogP contribution in [0.5, 0.6) is 0 Å². The minimum Gasteiger partial charge on any atom is -0.366 e. The molecule has 94 valence electrons. The number of nitrogens with one attached hydrogen (secondary N) is 2. The van der Waals surface area contributed by atoms with Gasteiger partial charge in [0.25, 0.3) is 0 Å². The number of thiophene rings is 1. The van der Waals surface area contributed by atoms with Crippen LogP contribution in [-0.2, 0) is 6.42 Å². The summed E-state index contributed by atoms with van der Waals surface area (Å²) < 4.78 is 0. The Kier molecular flexibility index (Phi) is 2.32. The van der Waals surface area contributed by atoms with Crippen molar-refractivity contribution in [2.75, 3.05) is 18.4 Å². The van der Waals surface area contributed by atoms with Gasteiger partial charge < -0.3 is 10.6 Å². The van der Waals surface area contributed by atoms with E-state index in [2.05, 4.69) is 33.6 Å². The molecule has 2 unspecified atom stereocenters. The Morgan fingerprint density at radius 2 is 2.22 bits per heavy atom. The summed E-state index contributed by atoms with van der Waals surface area (Å²) in [6.45, 7) is 4.49. The number of nitrogens with zero attached hydrogens (tertiary/aromatic N) is 2. The maximum absolute atomic E-state index is 4.43. The van der Waals surface area contributed by atoms with E-state index >= 15 is 0 Å². The molecule has 1 aliphatic heterocycles. The molecule has 4 nitrogen and oxygen atoms in total. The van der Waals surface area contributed by atoms with Crippen molar-refractivity contribution in [3.8, 4) is 0 Å². The Hall–Kier alpha value is -1.20. The van der Waals surface area contributed by atoms with Gasteiger partial charge >= 0.3 is 0 Å². The van der Waals surface area contributed by atoms with Gasteiger partial charge in [-0.3, -0.25) is 0 Å². The summed E-state index contributed by atoms with van der Waals surface area (Å²) in [5.41, 5.74) is 0. The van der Waals surface area contributed by atoms with Crippen LogP contribution in [0.2, 0.25) is 0 Å². The monoisotopic (exact) mass is 260 g/mol. The summed E-state index contributed by atoms with van der Waals surface area (Å²) in [4.78, 5) is 11.3. The average Bonchev–Trinajstić information content (AvgIpc) is 2.83. The lowest BCUT2D eigenvalue weighted by molar-refractivity contribution is 0.696. The molecule has 18 heavy (non-hydrogen) atoms. The predicted octanol–water partition coefficient (Wildman–Crippen LogP) is 1.88. The van der Waals surface area contributed by atoms with Crippen molar-refractivity contribution in [3.05, 3.63) is 17.3 Å². The van der Waals surface area contributed by atoms with Crippen molar-refractivity contribution < 1.29 is 0 Å². The van der Waals surface area contributed by atoms with Crippen molar-refractivity contribution >= 4 is 27.4 Å². The molecule has 2 N–H and O–H groups in total. The second-order valence-corrected chi connectivity index (χ2v) is 6.28. The van der Waals surface area contributed by atoms with Crippen LogP contribution in [0.25, 0.3) is 10.2 Å². The number of hydrogen-bond acceptors (Lipinski definition) is 5. The lowest BCUT2D eigenvalue weighted by Gasteiger charge is -2.08. The summed E-state index contributed by atoms with van der Waals surface area (Å²) >= 11 is 1.78. The minimum atomic E-state index is 0.620. The first-order chi connectivity index (χ1) is 8.86. The molecule has 4 rings (SSSR count). The maximum Gasteiger partial charge on any atom is 0.138 e. The topological polar surface area (TPSA) is 49.8 Å². The molecule has 1 aliphatic carbocycles. The van der Waals surface area contributed by atoms with Gasteiger partial charge in [-0.05, 0) is 24.3 Å². The summed E-state index contributed by atoms with van der Waals surface area (Å²) in [5.74, 6) is 2.63. The fraction of sp³-hybridized carbons (Fsp3) is 0.538. The van der Waals surface area contributed by atoms with Crippen molar-refractivity contribution in [2.45, 2.75) is 19.4 Å². The highest BCUT2D eigenvalue weighted by Crippen LogP contribution is 2.44. The number of fused-ring (bicyclic) bond motifs is 2. The number of anilines is 1. The fourth-order valence-corrected chi connectivity index (χ4v) is 3.92. The first-order valence-corrected chi connectivity index (χ1v) is 7.39. The zero-order valence-electron chi connectivity index (χ0n) is 10.3.